The lowest BCUT2D eigenvalue weighted by atomic mass is 9.99. The molecule has 0 spiro atoms. The average molecular weight is 209 g/mol. The number of fused-ring (bicyclic) bond motifs is 1. The molecule has 16 heavy (non-hydrogen) atoms. The molecular weight excluding hydrogens is 198 g/mol. The van der Waals surface area contributed by atoms with Gasteiger partial charge in [0, 0.05) is 24.2 Å². The van der Waals surface area contributed by atoms with E-state index < -0.39 is 0 Å². The number of carbonyl (C=O) groups is 1. The second-order valence-corrected chi connectivity index (χ2v) is 4.04. The summed E-state index contributed by atoms with van der Waals surface area (Å²) in [4.78, 5) is 15.4. The Morgan fingerprint density at radius 1 is 1.12 bits per heavy atom. The van der Waals surface area contributed by atoms with Gasteiger partial charge in [-0.25, -0.2) is 0 Å². The molecule has 0 saturated heterocycles. The van der Waals surface area contributed by atoms with Crippen LogP contribution in [-0.4, -0.2) is 10.8 Å². The summed E-state index contributed by atoms with van der Waals surface area (Å²) in [5, 5.41) is 2.30. The minimum atomic E-state index is 0.232. The predicted molar refractivity (Wildman–Crippen MR) is 64.0 cm³/mol. The van der Waals surface area contributed by atoms with E-state index in [1.807, 2.05) is 18.3 Å². The van der Waals surface area contributed by atoms with Gasteiger partial charge in [0.2, 0.25) is 0 Å². The minimum Gasteiger partial charge on any atom is -0.295 e. The first-order chi connectivity index (χ1) is 7.84. The Kier molecular flexibility index (Phi) is 2.07. The first-order valence-electron chi connectivity index (χ1n) is 5.41. The fraction of sp³-hybridized carbons (Fsp3) is 0.143. The molecule has 0 aliphatic heterocycles. The molecule has 0 N–H and O–H groups in total. The third-order valence-corrected chi connectivity index (χ3v) is 3.01. The number of pyridine rings is 1. The van der Waals surface area contributed by atoms with Gasteiger partial charge in [-0.05, 0) is 35.1 Å². The molecule has 0 atom stereocenters. The van der Waals surface area contributed by atoms with Crippen molar-refractivity contribution in [3.8, 4) is 0 Å². The van der Waals surface area contributed by atoms with Crippen molar-refractivity contribution < 1.29 is 4.79 Å². The molecule has 0 saturated carbocycles. The molecule has 0 unspecified atom stereocenters. The summed E-state index contributed by atoms with van der Waals surface area (Å²) in [5.41, 5.74) is 2.29. The number of aromatic nitrogens is 1. The lowest BCUT2D eigenvalue weighted by molar-refractivity contribution is -0.114. The van der Waals surface area contributed by atoms with Crippen molar-refractivity contribution in [2.24, 2.45) is 0 Å². The van der Waals surface area contributed by atoms with Crippen molar-refractivity contribution in [3.05, 3.63) is 48.3 Å². The molecule has 1 heterocycles. The Morgan fingerprint density at radius 2 is 2.06 bits per heavy atom. The zero-order chi connectivity index (χ0) is 11.0. The van der Waals surface area contributed by atoms with Crippen molar-refractivity contribution in [3.63, 3.8) is 0 Å². The number of ketones is 1. The van der Waals surface area contributed by atoms with Crippen LogP contribution in [0, 0.1) is 0 Å². The summed E-state index contributed by atoms with van der Waals surface area (Å²) in [6, 6.07) is 8.16. The van der Waals surface area contributed by atoms with Gasteiger partial charge in [-0.3, -0.25) is 9.78 Å². The largest absolute Gasteiger partial charge is 0.295 e. The number of hydrogen-bond donors (Lipinski definition) is 0. The summed E-state index contributed by atoms with van der Waals surface area (Å²) < 4.78 is 0. The van der Waals surface area contributed by atoms with Crippen molar-refractivity contribution in [2.75, 3.05) is 0 Å². The summed E-state index contributed by atoms with van der Waals surface area (Å²) in [7, 11) is 0. The highest BCUT2D eigenvalue weighted by Gasteiger charge is 2.15. The van der Waals surface area contributed by atoms with E-state index >= 15 is 0 Å². The maximum Gasteiger partial charge on any atom is 0.156 e. The van der Waals surface area contributed by atoms with E-state index in [0.717, 1.165) is 22.9 Å². The smallest absolute Gasteiger partial charge is 0.156 e. The normalized spacial score (nSPS) is 15.5. The van der Waals surface area contributed by atoms with E-state index in [2.05, 4.69) is 17.1 Å². The molecule has 0 radical (unpaired) electrons. The highest BCUT2D eigenvalue weighted by Crippen LogP contribution is 2.30. The van der Waals surface area contributed by atoms with Crippen molar-refractivity contribution in [2.45, 2.75) is 12.8 Å². The lowest BCUT2D eigenvalue weighted by Gasteiger charge is -2.06. The van der Waals surface area contributed by atoms with E-state index in [-0.39, 0.29) is 5.78 Å². The van der Waals surface area contributed by atoms with E-state index in [1.165, 1.54) is 5.39 Å². The molecule has 0 amide bonds. The predicted octanol–water partition coefficient (Wildman–Crippen LogP) is 2.98. The quantitative estimate of drug-likeness (QED) is 0.722. The van der Waals surface area contributed by atoms with E-state index in [4.69, 9.17) is 0 Å². The molecule has 0 fully saturated rings. The summed E-state index contributed by atoms with van der Waals surface area (Å²) in [5.74, 6) is 0.232. The van der Waals surface area contributed by atoms with Crippen molar-refractivity contribution >= 4 is 22.1 Å². The van der Waals surface area contributed by atoms with Crippen molar-refractivity contribution in [1.82, 2.24) is 4.98 Å². The van der Waals surface area contributed by atoms with Gasteiger partial charge in [0.15, 0.2) is 5.78 Å². The van der Waals surface area contributed by atoms with Crippen LogP contribution in [0.25, 0.3) is 16.3 Å². The van der Waals surface area contributed by atoms with E-state index in [1.54, 1.807) is 12.3 Å². The van der Waals surface area contributed by atoms with Gasteiger partial charge >= 0.3 is 0 Å². The SMILES string of the molecule is O=C1C=C(c2cccc3ccncc23)CC1. The second kappa shape index (κ2) is 3.56. The third kappa shape index (κ3) is 1.43. The Morgan fingerprint density at radius 3 is 2.88 bits per heavy atom. The number of hydrogen-bond acceptors (Lipinski definition) is 2. The van der Waals surface area contributed by atoms with Gasteiger partial charge in [-0.15, -0.1) is 0 Å². The summed E-state index contributed by atoms with van der Waals surface area (Å²) in [6.45, 7) is 0. The van der Waals surface area contributed by atoms with Crippen molar-refractivity contribution in [1.29, 1.82) is 0 Å². The summed E-state index contributed by atoms with van der Waals surface area (Å²) >= 11 is 0. The Labute approximate surface area is 93.6 Å². The zero-order valence-corrected chi connectivity index (χ0v) is 8.81. The molecule has 1 aromatic carbocycles. The monoisotopic (exact) mass is 209 g/mol. The van der Waals surface area contributed by atoms with Crippen LogP contribution < -0.4 is 0 Å². The number of allylic oxidation sites excluding steroid dienone is 2. The minimum absolute atomic E-state index is 0.232. The fourth-order valence-electron chi connectivity index (χ4n) is 2.20. The third-order valence-electron chi connectivity index (χ3n) is 3.01. The molecule has 3 rings (SSSR count). The van der Waals surface area contributed by atoms with Crippen LogP contribution in [0.5, 0.6) is 0 Å². The lowest BCUT2D eigenvalue weighted by Crippen LogP contribution is -1.84. The standard InChI is InChI=1S/C14H11NO/c16-12-5-4-11(8-12)13-3-1-2-10-6-7-15-9-14(10)13/h1-3,6-9H,4-5H2. The van der Waals surface area contributed by atoms with Gasteiger partial charge in [0.25, 0.3) is 0 Å². The number of carbonyl (C=O) groups excluding carboxylic acids is 1. The van der Waals surface area contributed by atoms with E-state index in [0.29, 0.717) is 6.42 Å². The Balaban J connectivity index is 2.24. The van der Waals surface area contributed by atoms with Crippen LogP contribution in [-0.2, 0) is 4.79 Å². The van der Waals surface area contributed by atoms with Gasteiger partial charge < -0.3 is 0 Å². The van der Waals surface area contributed by atoms with Crippen LogP contribution >= 0.6 is 0 Å². The molecule has 78 valence electrons. The van der Waals surface area contributed by atoms with Crippen LogP contribution in [0.4, 0.5) is 0 Å². The maximum atomic E-state index is 11.3. The van der Waals surface area contributed by atoms with Gasteiger partial charge in [0.05, 0.1) is 0 Å². The zero-order valence-electron chi connectivity index (χ0n) is 8.81. The number of benzene rings is 1. The molecule has 1 aliphatic rings. The maximum absolute atomic E-state index is 11.3. The highest BCUT2D eigenvalue weighted by atomic mass is 16.1. The van der Waals surface area contributed by atoms with Crippen LogP contribution in [0.15, 0.2) is 42.7 Å². The number of nitrogens with zero attached hydrogens (tertiary/aromatic N) is 1. The van der Waals surface area contributed by atoms with Gasteiger partial charge in [-0.1, -0.05) is 18.2 Å². The highest BCUT2D eigenvalue weighted by molar-refractivity contribution is 6.05. The van der Waals surface area contributed by atoms with Crippen LogP contribution in [0.2, 0.25) is 0 Å². The topological polar surface area (TPSA) is 30.0 Å². The van der Waals surface area contributed by atoms with Gasteiger partial charge in [-0.2, -0.15) is 0 Å². The van der Waals surface area contributed by atoms with E-state index in [9.17, 15) is 4.79 Å². The molecule has 2 nitrogen and oxygen atoms in total. The molecule has 1 aliphatic carbocycles. The second-order valence-electron chi connectivity index (χ2n) is 4.04. The fourth-order valence-corrected chi connectivity index (χ4v) is 2.20. The average Bonchev–Trinajstić information content (AvgIpc) is 2.75. The van der Waals surface area contributed by atoms with Gasteiger partial charge in [0.1, 0.15) is 0 Å². The number of rotatable bonds is 1. The Hall–Kier alpha value is -1.96. The first-order valence-corrected chi connectivity index (χ1v) is 5.41. The molecular formula is C14H11NO. The molecule has 0 bridgehead atoms. The molecule has 2 heteroatoms. The summed E-state index contributed by atoms with van der Waals surface area (Å²) in [6.07, 6.45) is 6.93. The molecule has 1 aromatic heterocycles. The van der Waals surface area contributed by atoms with Crippen LogP contribution in [0.3, 0.4) is 0 Å². The first kappa shape index (κ1) is 9.28. The van der Waals surface area contributed by atoms with Crippen LogP contribution in [0.1, 0.15) is 18.4 Å². The molecule has 2 aromatic rings. The Bertz CT molecular complexity index is 593.